The average molecular weight is 415 g/mol. The number of hydrogen-bond acceptors (Lipinski definition) is 4. The second-order valence-corrected chi connectivity index (χ2v) is 9.31. The lowest BCUT2D eigenvalue weighted by Gasteiger charge is -2.28. The summed E-state index contributed by atoms with van der Waals surface area (Å²) in [5.41, 5.74) is 1.35. The summed E-state index contributed by atoms with van der Waals surface area (Å²) >= 11 is 0. The minimum Gasteiger partial charge on any atom is -0.454 e. The highest BCUT2D eigenvalue weighted by Gasteiger charge is 2.42. The molecule has 2 amide bonds. The van der Waals surface area contributed by atoms with E-state index in [1.165, 1.54) is 25.7 Å². The number of aryl methyl sites for hydroxylation is 1. The molecule has 2 aliphatic rings. The first-order valence-electron chi connectivity index (χ1n) is 11.1. The fourth-order valence-corrected chi connectivity index (χ4v) is 5.08. The first-order chi connectivity index (χ1) is 14.3. The molecule has 2 N–H and O–H groups in total. The maximum Gasteiger partial charge on any atom is 0.329 e. The van der Waals surface area contributed by atoms with Crippen LogP contribution < -0.4 is 10.6 Å². The Morgan fingerprint density at radius 1 is 1.07 bits per heavy atom. The van der Waals surface area contributed by atoms with Crippen LogP contribution in [0.4, 0.5) is 0 Å². The minimum atomic E-state index is -0.812. The Morgan fingerprint density at radius 3 is 2.40 bits per heavy atom. The fourth-order valence-electron chi connectivity index (χ4n) is 5.08. The van der Waals surface area contributed by atoms with Gasteiger partial charge in [-0.05, 0) is 68.4 Å². The van der Waals surface area contributed by atoms with Crippen molar-refractivity contribution in [1.82, 2.24) is 10.6 Å². The van der Waals surface area contributed by atoms with E-state index in [9.17, 15) is 14.4 Å². The van der Waals surface area contributed by atoms with Crippen LogP contribution in [0.3, 0.4) is 0 Å². The summed E-state index contributed by atoms with van der Waals surface area (Å²) in [7, 11) is 0. The van der Waals surface area contributed by atoms with Crippen molar-refractivity contribution in [1.29, 1.82) is 0 Å². The van der Waals surface area contributed by atoms with Gasteiger partial charge in [-0.25, -0.2) is 4.79 Å². The largest absolute Gasteiger partial charge is 0.454 e. The molecule has 2 fully saturated rings. The van der Waals surface area contributed by atoms with Crippen LogP contribution in [-0.4, -0.2) is 36.5 Å². The SMILES string of the molecule is Cc1ccccc1C(=O)N[C@H](C(=O)OCC(=O)N[C@@H](C)[C@H]1C[C@H]2CC[C@H]1C2)C(C)C. The van der Waals surface area contributed by atoms with Crippen molar-refractivity contribution in [3.63, 3.8) is 0 Å². The summed E-state index contributed by atoms with van der Waals surface area (Å²) in [4.78, 5) is 37.5. The maximum absolute atomic E-state index is 12.6. The van der Waals surface area contributed by atoms with Gasteiger partial charge in [0.05, 0.1) is 0 Å². The Kier molecular flexibility index (Phi) is 7.16. The van der Waals surface area contributed by atoms with Crippen molar-refractivity contribution in [3.8, 4) is 0 Å². The molecular formula is C24H34N2O4. The molecular weight excluding hydrogens is 380 g/mol. The molecule has 0 saturated heterocycles. The summed E-state index contributed by atoms with van der Waals surface area (Å²) in [5.74, 6) is 0.705. The van der Waals surface area contributed by atoms with Gasteiger partial charge in [0.15, 0.2) is 6.61 Å². The van der Waals surface area contributed by atoms with Crippen LogP contribution >= 0.6 is 0 Å². The number of esters is 1. The molecule has 0 aliphatic heterocycles. The van der Waals surface area contributed by atoms with Crippen LogP contribution in [0.5, 0.6) is 0 Å². The third-order valence-corrected chi connectivity index (χ3v) is 6.77. The number of rotatable bonds is 8. The normalized spacial score (nSPS) is 24.4. The van der Waals surface area contributed by atoms with E-state index in [1.807, 2.05) is 39.8 Å². The molecule has 5 atom stereocenters. The highest BCUT2D eigenvalue weighted by atomic mass is 16.5. The lowest BCUT2D eigenvalue weighted by Crippen LogP contribution is -2.47. The molecule has 1 aromatic rings. The first-order valence-corrected chi connectivity index (χ1v) is 11.1. The van der Waals surface area contributed by atoms with E-state index in [2.05, 4.69) is 10.6 Å². The van der Waals surface area contributed by atoms with Crippen LogP contribution in [0, 0.1) is 30.6 Å². The zero-order chi connectivity index (χ0) is 21.8. The molecule has 2 saturated carbocycles. The van der Waals surface area contributed by atoms with Crippen molar-refractivity contribution in [3.05, 3.63) is 35.4 Å². The second kappa shape index (κ2) is 9.63. The predicted molar refractivity (Wildman–Crippen MR) is 115 cm³/mol. The maximum atomic E-state index is 12.6. The van der Waals surface area contributed by atoms with Crippen molar-refractivity contribution < 1.29 is 19.1 Å². The van der Waals surface area contributed by atoms with Crippen molar-refractivity contribution in [2.45, 2.75) is 65.5 Å². The number of nitrogens with one attached hydrogen (secondary N) is 2. The van der Waals surface area contributed by atoms with Gasteiger partial charge in [-0.3, -0.25) is 9.59 Å². The van der Waals surface area contributed by atoms with Gasteiger partial charge in [-0.1, -0.05) is 38.5 Å². The highest BCUT2D eigenvalue weighted by Crippen LogP contribution is 2.49. The van der Waals surface area contributed by atoms with Crippen LogP contribution in [0.25, 0.3) is 0 Å². The summed E-state index contributed by atoms with van der Waals surface area (Å²) in [5, 5.41) is 5.76. The molecule has 1 aromatic carbocycles. The van der Waals surface area contributed by atoms with Gasteiger partial charge < -0.3 is 15.4 Å². The molecule has 3 rings (SSSR count). The molecule has 2 bridgehead atoms. The molecule has 0 heterocycles. The molecule has 30 heavy (non-hydrogen) atoms. The number of hydrogen-bond donors (Lipinski definition) is 2. The average Bonchev–Trinajstić information content (AvgIpc) is 3.34. The van der Waals surface area contributed by atoms with E-state index in [0.717, 1.165) is 17.4 Å². The summed E-state index contributed by atoms with van der Waals surface area (Å²) < 4.78 is 5.25. The van der Waals surface area contributed by atoms with Crippen LogP contribution in [-0.2, 0) is 14.3 Å². The molecule has 0 unspecified atom stereocenters. The number of carbonyl (C=O) groups excluding carboxylic acids is 3. The standard InChI is InChI=1S/C24H34N2O4/c1-14(2)22(26-23(28)19-8-6-5-7-15(19)3)24(29)30-13-21(27)25-16(4)20-12-17-9-10-18(20)11-17/h5-8,14,16-18,20,22H,9-13H2,1-4H3,(H,25,27)(H,26,28)/t16-,17-,18-,20+,22-/m0/s1. The molecule has 6 nitrogen and oxygen atoms in total. The quantitative estimate of drug-likeness (QED) is 0.640. The first kappa shape index (κ1) is 22.3. The second-order valence-electron chi connectivity index (χ2n) is 9.31. The van der Waals surface area contributed by atoms with Crippen molar-refractivity contribution in [2.24, 2.45) is 23.7 Å². The number of benzene rings is 1. The van der Waals surface area contributed by atoms with E-state index in [-0.39, 0.29) is 30.4 Å². The number of amides is 2. The van der Waals surface area contributed by atoms with E-state index < -0.39 is 12.0 Å². The van der Waals surface area contributed by atoms with Gasteiger partial charge in [-0.2, -0.15) is 0 Å². The number of ether oxygens (including phenoxy) is 1. The number of fused-ring (bicyclic) bond motifs is 2. The Balaban J connectivity index is 1.49. The van der Waals surface area contributed by atoms with E-state index in [0.29, 0.717) is 11.5 Å². The molecule has 2 aliphatic carbocycles. The Hall–Kier alpha value is -2.37. The van der Waals surface area contributed by atoms with Gasteiger partial charge in [0.25, 0.3) is 11.8 Å². The monoisotopic (exact) mass is 414 g/mol. The lowest BCUT2D eigenvalue weighted by molar-refractivity contribution is -0.151. The molecule has 0 radical (unpaired) electrons. The third-order valence-electron chi connectivity index (χ3n) is 6.77. The molecule has 0 spiro atoms. The lowest BCUT2D eigenvalue weighted by atomic mass is 9.84. The fraction of sp³-hybridized carbons (Fsp3) is 0.625. The van der Waals surface area contributed by atoms with Gasteiger partial charge in [0.1, 0.15) is 6.04 Å². The highest BCUT2D eigenvalue weighted by molar-refractivity contribution is 5.98. The predicted octanol–water partition coefficient (Wildman–Crippen LogP) is 3.23. The Morgan fingerprint density at radius 2 is 1.80 bits per heavy atom. The van der Waals surface area contributed by atoms with Gasteiger partial charge in [0, 0.05) is 11.6 Å². The molecule has 164 valence electrons. The summed E-state index contributed by atoms with van der Waals surface area (Å²) in [6, 6.07) is 6.49. The molecule has 6 heteroatoms. The van der Waals surface area contributed by atoms with E-state index in [4.69, 9.17) is 4.74 Å². The van der Waals surface area contributed by atoms with Gasteiger partial charge in [-0.15, -0.1) is 0 Å². The summed E-state index contributed by atoms with van der Waals surface area (Å²) in [6.07, 6.45) is 5.06. The Bertz CT molecular complexity index is 791. The number of carbonyl (C=O) groups is 3. The van der Waals surface area contributed by atoms with Crippen LogP contribution in [0.2, 0.25) is 0 Å². The third kappa shape index (κ3) is 5.21. The van der Waals surface area contributed by atoms with Crippen molar-refractivity contribution >= 4 is 17.8 Å². The van der Waals surface area contributed by atoms with Crippen molar-refractivity contribution in [2.75, 3.05) is 6.61 Å². The smallest absolute Gasteiger partial charge is 0.329 e. The zero-order valence-corrected chi connectivity index (χ0v) is 18.4. The topological polar surface area (TPSA) is 84.5 Å². The van der Waals surface area contributed by atoms with E-state index in [1.54, 1.807) is 12.1 Å². The summed E-state index contributed by atoms with van der Waals surface area (Å²) in [6.45, 7) is 7.24. The Labute approximate surface area is 179 Å². The van der Waals surface area contributed by atoms with Crippen LogP contribution in [0.15, 0.2) is 24.3 Å². The molecule has 0 aromatic heterocycles. The van der Waals surface area contributed by atoms with Crippen LogP contribution in [0.1, 0.15) is 62.4 Å². The zero-order valence-electron chi connectivity index (χ0n) is 18.4. The minimum absolute atomic E-state index is 0.0909. The van der Waals surface area contributed by atoms with Gasteiger partial charge in [0.2, 0.25) is 0 Å². The van der Waals surface area contributed by atoms with E-state index >= 15 is 0 Å². The van der Waals surface area contributed by atoms with Gasteiger partial charge >= 0.3 is 5.97 Å².